The zero-order valence-corrected chi connectivity index (χ0v) is 11.7. The Morgan fingerprint density at radius 1 is 1.50 bits per heavy atom. The van der Waals surface area contributed by atoms with Crippen LogP contribution in [0, 0.1) is 0 Å². The number of halogens is 1. The van der Waals surface area contributed by atoms with Crippen LogP contribution in [0.2, 0.25) is 0 Å². The average molecular weight is 326 g/mol. The van der Waals surface area contributed by atoms with Crippen molar-refractivity contribution in [3.63, 3.8) is 0 Å². The number of aliphatic hydroxyl groups is 1. The summed E-state index contributed by atoms with van der Waals surface area (Å²) < 4.78 is 27.0. The SMILES string of the molecule is O=S(=O)(c1ccc(Br)s1)N(CCO)C1CC1. The smallest absolute Gasteiger partial charge is 0.252 e. The molecule has 1 aromatic heterocycles. The third-order valence-corrected chi connectivity index (χ3v) is 6.43. The largest absolute Gasteiger partial charge is 0.395 e. The molecule has 1 heterocycles. The molecule has 0 aliphatic heterocycles. The van der Waals surface area contributed by atoms with Crippen molar-refractivity contribution in [3.8, 4) is 0 Å². The van der Waals surface area contributed by atoms with E-state index in [0.29, 0.717) is 4.21 Å². The third-order valence-electron chi connectivity index (χ3n) is 2.39. The number of nitrogens with zero attached hydrogens (tertiary/aromatic N) is 1. The predicted molar refractivity (Wildman–Crippen MR) is 66.0 cm³/mol. The first-order valence-corrected chi connectivity index (χ1v) is 7.98. The topological polar surface area (TPSA) is 57.6 Å². The normalized spacial score (nSPS) is 16.9. The van der Waals surface area contributed by atoms with E-state index in [1.165, 1.54) is 15.6 Å². The van der Waals surface area contributed by atoms with Crippen LogP contribution in [-0.4, -0.2) is 37.0 Å². The molecule has 4 nitrogen and oxygen atoms in total. The lowest BCUT2D eigenvalue weighted by molar-refractivity contribution is 0.250. The number of hydrogen-bond acceptors (Lipinski definition) is 4. The van der Waals surface area contributed by atoms with E-state index < -0.39 is 10.0 Å². The maximum absolute atomic E-state index is 12.2. The molecule has 1 fully saturated rings. The van der Waals surface area contributed by atoms with Gasteiger partial charge in [-0.25, -0.2) is 8.42 Å². The first-order chi connectivity index (χ1) is 7.55. The first kappa shape index (κ1) is 12.5. The van der Waals surface area contributed by atoms with Gasteiger partial charge in [-0.2, -0.15) is 4.31 Å². The van der Waals surface area contributed by atoms with Crippen molar-refractivity contribution in [2.45, 2.75) is 23.1 Å². The molecule has 1 N–H and O–H groups in total. The summed E-state index contributed by atoms with van der Waals surface area (Å²) in [4.78, 5) is 0. The van der Waals surface area contributed by atoms with E-state index in [4.69, 9.17) is 5.11 Å². The van der Waals surface area contributed by atoms with Gasteiger partial charge < -0.3 is 5.11 Å². The Labute approximate surface area is 107 Å². The molecule has 1 aliphatic rings. The summed E-state index contributed by atoms with van der Waals surface area (Å²) in [5.74, 6) is 0. The molecule has 0 unspecified atom stereocenters. The van der Waals surface area contributed by atoms with Crippen LogP contribution in [0.4, 0.5) is 0 Å². The highest BCUT2D eigenvalue weighted by atomic mass is 79.9. The number of hydrogen-bond donors (Lipinski definition) is 1. The molecule has 0 bridgehead atoms. The molecule has 0 atom stereocenters. The molecule has 1 saturated carbocycles. The van der Waals surface area contributed by atoms with E-state index in [1.54, 1.807) is 12.1 Å². The summed E-state index contributed by atoms with van der Waals surface area (Å²) in [5, 5.41) is 8.92. The minimum Gasteiger partial charge on any atom is -0.395 e. The van der Waals surface area contributed by atoms with Crippen molar-refractivity contribution >= 4 is 37.3 Å². The van der Waals surface area contributed by atoms with Crippen molar-refractivity contribution in [2.75, 3.05) is 13.2 Å². The Balaban J connectivity index is 2.28. The van der Waals surface area contributed by atoms with Gasteiger partial charge in [0.25, 0.3) is 10.0 Å². The fourth-order valence-corrected chi connectivity index (χ4v) is 5.33. The molecule has 0 aromatic carbocycles. The second-order valence-electron chi connectivity index (χ2n) is 3.63. The molecular weight excluding hydrogens is 314 g/mol. The van der Waals surface area contributed by atoms with E-state index in [0.717, 1.165) is 16.6 Å². The van der Waals surface area contributed by atoms with Crippen molar-refractivity contribution < 1.29 is 13.5 Å². The molecule has 2 rings (SSSR count). The Kier molecular flexibility index (Phi) is 3.70. The third kappa shape index (κ3) is 2.48. The standard InChI is InChI=1S/C9H12BrNO3S2/c10-8-3-4-9(15-8)16(13,14)11(5-6-12)7-1-2-7/h3-4,7,12H,1-2,5-6H2. The summed E-state index contributed by atoms with van der Waals surface area (Å²) in [6, 6.07) is 3.40. The number of thiophene rings is 1. The average Bonchev–Trinajstić information content (AvgIpc) is 2.96. The molecular formula is C9H12BrNO3S2. The summed E-state index contributed by atoms with van der Waals surface area (Å²) in [6.07, 6.45) is 1.79. The monoisotopic (exact) mass is 325 g/mol. The van der Waals surface area contributed by atoms with E-state index in [-0.39, 0.29) is 19.2 Å². The molecule has 16 heavy (non-hydrogen) atoms. The van der Waals surface area contributed by atoms with E-state index in [2.05, 4.69) is 15.9 Å². The van der Waals surface area contributed by atoms with Gasteiger partial charge in [0.15, 0.2) is 0 Å². The Bertz CT molecular complexity index is 467. The molecule has 0 saturated heterocycles. The highest BCUT2D eigenvalue weighted by Gasteiger charge is 2.38. The second kappa shape index (κ2) is 4.73. The maximum Gasteiger partial charge on any atom is 0.252 e. The highest BCUT2D eigenvalue weighted by molar-refractivity contribution is 9.11. The van der Waals surface area contributed by atoms with E-state index in [9.17, 15) is 8.42 Å². The molecule has 0 radical (unpaired) electrons. The minimum atomic E-state index is -3.42. The Morgan fingerprint density at radius 3 is 2.62 bits per heavy atom. The summed E-state index contributed by atoms with van der Waals surface area (Å²) >= 11 is 4.45. The Morgan fingerprint density at radius 2 is 2.19 bits per heavy atom. The van der Waals surface area contributed by atoms with Crippen LogP contribution in [0.1, 0.15) is 12.8 Å². The van der Waals surface area contributed by atoms with Gasteiger partial charge in [0.2, 0.25) is 0 Å². The molecule has 90 valence electrons. The van der Waals surface area contributed by atoms with Crippen LogP contribution in [-0.2, 0) is 10.0 Å². The first-order valence-electron chi connectivity index (χ1n) is 4.94. The molecule has 1 aliphatic carbocycles. The second-order valence-corrected chi connectivity index (χ2v) is 8.21. The molecule has 0 spiro atoms. The van der Waals surface area contributed by atoms with Gasteiger partial charge in [-0.05, 0) is 40.9 Å². The van der Waals surface area contributed by atoms with Gasteiger partial charge in [-0.15, -0.1) is 11.3 Å². The van der Waals surface area contributed by atoms with Crippen molar-refractivity contribution in [1.29, 1.82) is 0 Å². The fraction of sp³-hybridized carbons (Fsp3) is 0.556. The zero-order valence-electron chi connectivity index (χ0n) is 8.47. The van der Waals surface area contributed by atoms with Crippen molar-refractivity contribution in [2.24, 2.45) is 0 Å². The van der Waals surface area contributed by atoms with Gasteiger partial charge >= 0.3 is 0 Å². The fourth-order valence-electron chi connectivity index (χ4n) is 1.51. The Hall–Kier alpha value is 0.0500. The van der Waals surface area contributed by atoms with Crippen molar-refractivity contribution in [3.05, 3.63) is 15.9 Å². The van der Waals surface area contributed by atoms with Gasteiger partial charge in [-0.1, -0.05) is 0 Å². The number of sulfonamides is 1. The summed E-state index contributed by atoms with van der Waals surface area (Å²) in [6.45, 7) is 0.0464. The lowest BCUT2D eigenvalue weighted by Gasteiger charge is -2.19. The number of aliphatic hydroxyl groups excluding tert-OH is 1. The molecule has 7 heteroatoms. The van der Waals surface area contributed by atoms with Crippen LogP contribution >= 0.6 is 27.3 Å². The van der Waals surface area contributed by atoms with Gasteiger partial charge in [0, 0.05) is 12.6 Å². The van der Waals surface area contributed by atoms with Gasteiger partial charge in [0.1, 0.15) is 4.21 Å². The highest BCUT2D eigenvalue weighted by Crippen LogP contribution is 2.35. The molecule has 0 amide bonds. The van der Waals surface area contributed by atoms with E-state index >= 15 is 0 Å². The quantitative estimate of drug-likeness (QED) is 0.895. The lowest BCUT2D eigenvalue weighted by atomic mass is 10.6. The maximum atomic E-state index is 12.2. The zero-order chi connectivity index (χ0) is 11.8. The minimum absolute atomic E-state index is 0.0815. The van der Waals surface area contributed by atoms with Crippen LogP contribution in [0.3, 0.4) is 0 Å². The van der Waals surface area contributed by atoms with Crippen LogP contribution in [0.25, 0.3) is 0 Å². The van der Waals surface area contributed by atoms with Crippen LogP contribution in [0.5, 0.6) is 0 Å². The van der Waals surface area contributed by atoms with Crippen molar-refractivity contribution in [1.82, 2.24) is 4.31 Å². The molecule has 1 aromatic rings. The predicted octanol–water partition coefficient (Wildman–Crippen LogP) is 1.66. The van der Waals surface area contributed by atoms with E-state index in [1.807, 2.05) is 0 Å². The van der Waals surface area contributed by atoms with Crippen LogP contribution in [0.15, 0.2) is 20.1 Å². The number of rotatable bonds is 5. The summed E-state index contributed by atoms with van der Waals surface area (Å²) in [7, 11) is -3.42. The summed E-state index contributed by atoms with van der Waals surface area (Å²) in [5.41, 5.74) is 0. The van der Waals surface area contributed by atoms with Gasteiger partial charge in [-0.3, -0.25) is 0 Å². The van der Waals surface area contributed by atoms with Crippen LogP contribution < -0.4 is 0 Å². The lowest BCUT2D eigenvalue weighted by Crippen LogP contribution is -2.35. The van der Waals surface area contributed by atoms with Gasteiger partial charge in [0.05, 0.1) is 10.4 Å².